The Hall–Kier alpha value is -4.91. The molecule has 0 saturated heterocycles. The molecule has 7 heteroatoms. The second-order valence-electron chi connectivity index (χ2n) is 9.85. The first-order valence-electron chi connectivity index (χ1n) is 14.1. The van der Waals surface area contributed by atoms with E-state index < -0.39 is 0 Å². The van der Waals surface area contributed by atoms with E-state index in [1.54, 1.807) is 50.4 Å². The maximum absolute atomic E-state index is 13.7. The number of rotatable bonds is 12. The van der Waals surface area contributed by atoms with Gasteiger partial charge in [0.15, 0.2) is 0 Å². The van der Waals surface area contributed by atoms with Crippen molar-refractivity contribution in [2.24, 2.45) is 0 Å². The molecular weight excluding hydrogens is 528 g/mol. The van der Waals surface area contributed by atoms with Gasteiger partial charge in [0, 0.05) is 19.0 Å². The van der Waals surface area contributed by atoms with Crippen molar-refractivity contribution in [1.82, 2.24) is 0 Å². The van der Waals surface area contributed by atoms with Crippen LogP contribution in [0.15, 0.2) is 97.1 Å². The van der Waals surface area contributed by atoms with Gasteiger partial charge in [-0.3, -0.25) is 14.4 Å². The highest BCUT2D eigenvalue weighted by Crippen LogP contribution is 2.30. The maximum Gasteiger partial charge on any atom is 0.305 e. The summed E-state index contributed by atoms with van der Waals surface area (Å²) in [6.45, 7) is 4.57. The van der Waals surface area contributed by atoms with Gasteiger partial charge < -0.3 is 19.7 Å². The first kappa shape index (κ1) is 30.1. The molecule has 4 rings (SSSR count). The molecule has 1 N–H and O–H groups in total. The van der Waals surface area contributed by atoms with E-state index >= 15 is 0 Å². The number of hydrogen-bond donors (Lipinski definition) is 1. The summed E-state index contributed by atoms with van der Waals surface area (Å²) in [7, 11) is 1.68. The molecule has 216 valence electrons. The summed E-state index contributed by atoms with van der Waals surface area (Å²) in [6.07, 6.45) is 1.66. The van der Waals surface area contributed by atoms with E-state index in [0.717, 1.165) is 16.7 Å². The highest BCUT2D eigenvalue weighted by atomic mass is 16.5. The van der Waals surface area contributed by atoms with Crippen LogP contribution in [0.25, 0.3) is 11.1 Å². The fourth-order valence-corrected chi connectivity index (χ4v) is 4.57. The van der Waals surface area contributed by atoms with E-state index in [4.69, 9.17) is 9.47 Å². The Morgan fingerprint density at radius 3 is 2.21 bits per heavy atom. The lowest BCUT2D eigenvalue weighted by Crippen LogP contribution is -2.28. The molecule has 0 fully saturated rings. The number of aryl methyl sites for hydroxylation is 1. The molecule has 0 aliphatic heterocycles. The van der Waals surface area contributed by atoms with Gasteiger partial charge in [-0.1, -0.05) is 72.3 Å². The highest BCUT2D eigenvalue weighted by Gasteiger charge is 2.22. The van der Waals surface area contributed by atoms with E-state index in [1.807, 2.05) is 67.6 Å². The summed E-state index contributed by atoms with van der Waals surface area (Å²) in [6, 6.07) is 29.7. The molecule has 7 nitrogen and oxygen atoms in total. The normalized spacial score (nSPS) is 10.5. The number of benzene rings is 4. The minimum atomic E-state index is -0.305. The third kappa shape index (κ3) is 7.63. The molecule has 0 atom stereocenters. The lowest BCUT2D eigenvalue weighted by Gasteiger charge is -2.22. The quantitative estimate of drug-likeness (QED) is 0.144. The molecule has 4 aromatic carbocycles. The lowest BCUT2D eigenvalue weighted by atomic mass is 9.98. The summed E-state index contributed by atoms with van der Waals surface area (Å²) >= 11 is 0. The van der Waals surface area contributed by atoms with Gasteiger partial charge >= 0.3 is 5.97 Å². The van der Waals surface area contributed by atoms with Crippen LogP contribution in [0, 0.1) is 6.92 Å². The van der Waals surface area contributed by atoms with Gasteiger partial charge in [-0.25, -0.2) is 0 Å². The van der Waals surface area contributed by atoms with Crippen LogP contribution in [0.2, 0.25) is 0 Å². The summed E-state index contributed by atoms with van der Waals surface area (Å²) in [5.74, 6) is -0.262. The number of esters is 1. The van der Waals surface area contributed by atoms with E-state index in [9.17, 15) is 14.4 Å². The summed E-state index contributed by atoms with van der Waals surface area (Å²) < 4.78 is 10.9. The van der Waals surface area contributed by atoms with Crippen LogP contribution in [0.5, 0.6) is 5.75 Å². The second-order valence-corrected chi connectivity index (χ2v) is 9.85. The molecule has 0 aliphatic carbocycles. The van der Waals surface area contributed by atoms with Crippen LogP contribution in [-0.2, 0) is 9.53 Å². The molecule has 4 aromatic rings. The highest BCUT2D eigenvalue weighted by molar-refractivity contribution is 6.15. The Bertz CT molecular complexity index is 1530. The Morgan fingerprint density at radius 1 is 0.786 bits per heavy atom. The first-order chi connectivity index (χ1) is 20.4. The number of para-hydroxylation sites is 3. The van der Waals surface area contributed by atoms with Crippen molar-refractivity contribution in [2.45, 2.75) is 33.1 Å². The van der Waals surface area contributed by atoms with Crippen molar-refractivity contribution in [3.8, 4) is 16.9 Å². The number of amides is 2. The van der Waals surface area contributed by atoms with Gasteiger partial charge in [0.2, 0.25) is 0 Å². The second kappa shape index (κ2) is 14.6. The fourth-order valence-electron chi connectivity index (χ4n) is 4.57. The first-order valence-corrected chi connectivity index (χ1v) is 14.1. The van der Waals surface area contributed by atoms with E-state index in [-0.39, 0.29) is 17.8 Å². The summed E-state index contributed by atoms with van der Waals surface area (Å²) in [5.41, 5.74) is 4.76. The Balaban J connectivity index is 1.49. The molecule has 42 heavy (non-hydrogen) atoms. The van der Waals surface area contributed by atoms with Crippen LogP contribution < -0.4 is 15.0 Å². The molecule has 0 radical (unpaired) electrons. The third-order valence-corrected chi connectivity index (χ3v) is 6.81. The van der Waals surface area contributed by atoms with Crippen LogP contribution in [0.4, 0.5) is 11.4 Å². The molecule has 2 amide bonds. The van der Waals surface area contributed by atoms with Crippen molar-refractivity contribution < 1.29 is 23.9 Å². The van der Waals surface area contributed by atoms with Gasteiger partial charge in [0.1, 0.15) is 5.75 Å². The van der Waals surface area contributed by atoms with Crippen molar-refractivity contribution >= 4 is 29.2 Å². The van der Waals surface area contributed by atoms with Crippen LogP contribution in [-0.4, -0.2) is 38.0 Å². The van der Waals surface area contributed by atoms with Crippen molar-refractivity contribution in [3.63, 3.8) is 0 Å². The maximum atomic E-state index is 13.7. The number of nitrogens with zero attached hydrogens (tertiary/aromatic N) is 1. The summed E-state index contributed by atoms with van der Waals surface area (Å²) in [5, 5.41) is 2.96. The molecule has 0 bridgehead atoms. The van der Waals surface area contributed by atoms with Gasteiger partial charge in [0.25, 0.3) is 11.8 Å². The lowest BCUT2D eigenvalue weighted by molar-refractivity contribution is -0.143. The topological polar surface area (TPSA) is 84.9 Å². The van der Waals surface area contributed by atoms with Gasteiger partial charge in [-0.15, -0.1) is 0 Å². The third-order valence-electron chi connectivity index (χ3n) is 6.81. The Morgan fingerprint density at radius 2 is 1.45 bits per heavy atom. The van der Waals surface area contributed by atoms with E-state index in [2.05, 4.69) is 5.32 Å². The molecule has 0 saturated carbocycles. The average Bonchev–Trinajstić information content (AvgIpc) is 3.01. The number of nitrogens with one attached hydrogen (secondary N) is 1. The predicted octanol–water partition coefficient (Wildman–Crippen LogP) is 7.30. The average molecular weight is 565 g/mol. The van der Waals surface area contributed by atoms with Crippen molar-refractivity contribution in [3.05, 3.63) is 114 Å². The Kier molecular flexibility index (Phi) is 10.5. The zero-order valence-corrected chi connectivity index (χ0v) is 24.3. The van der Waals surface area contributed by atoms with Crippen molar-refractivity contribution in [2.75, 3.05) is 30.5 Å². The smallest absolute Gasteiger partial charge is 0.305 e. The van der Waals surface area contributed by atoms with Gasteiger partial charge in [-0.05, 0) is 68.1 Å². The fraction of sp³-hybridized carbons (Fsp3) is 0.229. The van der Waals surface area contributed by atoms with Crippen LogP contribution in [0.1, 0.15) is 52.5 Å². The number of anilines is 2. The van der Waals surface area contributed by atoms with E-state index in [1.165, 1.54) is 4.90 Å². The number of ether oxygens (including phenoxy) is 2. The minimum Gasteiger partial charge on any atom is -0.491 e. The zero-order chi connectivity index (χ0) is 29.9. The predicted molar refractivity (Wildman–Crippen MR) is 166 cm³/mol. The number of carbonyl (C=O) groups is 3. The van der Waals surface area contributed by atoms with Gasteiger partial charge in [0.05, 0.1) is 30.2 Å². The zero-order valence-electron chi connectivity index (χ0n) is 24.3. The standard InChI is InChI=1S/C35H36N2O5/c1-4-41-33(38)19-11-12-24-42-32-18-10-9-17-31(32)37(3)35(40)29-15-7-8-16-30(29)36-34(39)28-14-6-5-13-27(28)26-22-20-25(2)21-23-26/h5-10,13-18,20-23H,4,11-12,19,24H2,1-3H3,(H,36,39). The Labute approximate surface area is 247 Å². The molecule has 0 aromatic heterocycles. The number of carbonyl (C=O) groups excluding carboxylic acids is 3. The SMILES string of the molecule is CCOC(=O)CCCCOc1ccccc1N(C)C(=O)c1ccccc1NC(=O)c1ccccc1-c1ccc(C)cc1. The molecule has 0 heterocycles. The van der Waals surface area contributed by atoms with Crippen molar-refractivity contribution in [1.29, 1.82) is 0 Å². The minimum absolute atomic E-state index is 0.215. The van der Waals surface area contributed by atoms with Gasteiger partial charge in [-0.2, -0.15) is 0 Å². The number of unbranched alkanes of at least 4 members (excludes halogenated alkanes) is 1. The molecule has 0 spiro atoms. The summed E-state index contributed by atoms with van der Waals surface area (Å²) in [4.78, 5) is 40.3. The molecule has 0 unspecified atom stereocenters. The number of hydrogen-bond acceptors (Lipinski definition) is 5. The monoisotopic (exact) mass is 564 g/mol. The largest absolute Gasteiger partial charge is 0.491 e. The van der Waals surface area contributed by atoms with E-state index in [0.29, 0.717) is 60.7 Å². The molecule has 0 aliphatic rings. The van der Waals surface area contributed by atoms with Crippen LogP contribution in [0.3, 0.4) is 0 Å². The van der Waals surface area contributed by atoms with Crippen LogP contribution >= 0.6 is 0 Å². The molecular formula is C35H36N2O5.